The molecule has 17 heteroatoms. The Morgan fingerprint density at radius 1 is 0.952 bits per heavy atom. The van der Waals surface area contributed by atoms with Crippen LogP contribution >= 0.6 is 0 Å². The van der Waals surface area contributed by atoms with Crippen LogP contribution in [-0.4, -0.2) is 38.4 Å². The summed E-state index contributed by atoms with van der Waals surface area (Å²) in [6.07, 6.45) is -7.36. The molecule has 3 N–H and O–H groups in total. The van der Waals surface area contributed by atoms with Crippen LogP contribution in [0.5, 0.6) is 0 Å². The zero-order valence-electron chi connectivity index (χ0n) is 21.1. The number of carbonyl (C=O) groups is 1. The van der Waals surface area contributed by atoms with E-state index >= 15 is 0 Å². The highest BCUT2D eigenvalue weighted by Gasteiger charge is 2.52. The van der Waals surface area contributed by atoms with E-state index in [-0.39, 0.29) is 18.3 Å². The molecule has 0 aliphatic carbocycles. The molecule has 42 heavy (non-hydrogen) atoms. The van der Waals surface area contributed by atoms with Gasteiger partial charge in [-0.25, -0.2) is 19.9 Å². The van der Waals surface area contributed by atoms with Crippen LogP contribution in [0.1, 0.15) is 23.6 Å². The van der Waals surface area contributed by atoms with E-state index in [0.717, 1.165) is 4.57 Å². The first kappa shape index (κ1) is 29.0. The summed E-state index contributed by atoms with van der Waals surface area (Å²) >= 11 is 0. The number of hydrogen-bond acceptors (Lipinski definition) is 7. The van der Waals surface area contributed by atoms with E-state index in [2.05, 4.69) is 15.0 Å². The number of nitrogens with zero attached hydrogens (tertiary/aromatic N) is 5. The molecule has 1 unspecified atom stereocenters. The molecule has 1 aliphatic rings. The number of rotatable bonds is 5. The Balaban J connectivity index is 1.64. The van der Waals surface area contributed by atoms with Crippen molar-refractivity contribution >= 4 is 33.5 Å². The lowest BCUT2D eigenvalue weighted by molar-refractivity contribution is -0.143. The van der Waals surface area contributed by atoms with Crippen molar-refractivity contribution in [1.82, 2.24) is 19.5 Å². The van der Waals surface area contributed by atoms with E-state index in [1.165, 1.54) is 19.4 Å². The molecule has 1 amide bonds. The average molecular weight is 613 g/mol. The second kappa shape index (κ2) is 9.52. The number of benzene rings is 2. The van der Waals surface area contributed by atoms with Gasteiger partial charge in [0.05, 0.1) is 23.0 Å². The largest absolute Gasteiger partial charge is 0.416 e. The van der Waals surface area contributed by atoms with Gasteiger partial charge in [0.15, 0.2) is 5.03 Å². The molecule has 0 radical (unpaired) electrons. The average Bonchev–Trinajstić information content (AvgIpc) is 3.42. The third-order valence-electron chi connectivity index (χ3n) is 6.72. The van der Waals surface area contributed by atoms with Crippen LogP contribution in [0.2, 0.25) is 0 Å². The molecule has 2 aromatic carbocycles. The molecule has 0 saturated carbocycles. The number of anilines is 3. The van der Waals surface area contributed by atoms with Gasteiger partial charge in [0.25, 0.3) is 5.91 Å². The second-order valence-electron chi connectivity index (χ2n) is 9.58. The third-order valence-corrected chi connectivity index (χ3v) is 7.54. The maximum absolute atomic E-state index is 13.9. The summed E-state index contributed by atoms with van der Waals surface area (Å²) in [5.74, 6) is -1.51. The Morgan fingerprint density at radius 3 is 2.07 bits per heavy atom. The van der Waals surface area contributed by atoms with E-state index in [9.17, 15) is 44.1 Å². The van der Waals surface area contributed by atoms with Crippen molar-refractivity contribution in [3.8, 4) is 11.1 Å². The lowest BCUT2D eigenvalue weighted by atomic mass is 9.91. The Bertz CT molecular complexity index is 1790. The minimum Gasteiger partial charge on any atom is -0.383 e. The Hall–Kier alpha value is -4.51. The van der Waals surface area contributed by atoms with Gasteiger partial charge >= 0.3 is 22.5 Å². The minimum atomic E-state index is -5.22. The highest BCUT2D eigenvalue weighted by atomic mass is 32.2. The van der Waals surface area contributed by atoms with Gasteiger partial charge in [-0.2, -0.15) is 34.8 Å². The maximum atomic E-state index is 13.9. The number of nitrogen functional groups attached to an aromatic ring is 1. The van der Waals surface area contributed by atoms with Crippen molar-refractivity contribution in [2.45, 2.75) is 36.3 Å². The van der Waals surface area contributed by atoms with Gasteiger partial charge in [-0.05, 0) is 36.2 Å². The number of nitrogens with two attached hydrogens (primary N) is 1. The summed E-state index contributed by atoms with van der Waals surface area (Å²) in [7, 11) is -5.05. The molecule has 2 aromatic heterocycles. The minimum absolute atomic E-state index is 0.106. The van der Waals surface area contributed by atoms with Crippen LogP contribution in [0.3, 0.4) is 0 Å². The number of fused-ring (bicyclic) bond motifs is 1. The van der Waals surface area contributed by atoms with E-state index < -0.39 is 61.7 Å². The maximum Gasteiger partial charge on any atom is 0.416 e. The van der Waals surface area contributed by atoms with Crippen LogP contribution in [0.4, 0.5) is 43.8 Å². The Kier molecular flexibility index (Phi) is 6.57. The van der Waals surface area contributed by atoms with Crippen LogP contribution < -0.4 is 10.6 Å². The number of carbonyl (C=O) groups excluding carboxylic acids is 1. The predicted molar refractivity (Wildman–Crippen MR) is 135 cm³/mol. The van der Waals surface area contributed by atoms with Gasteiger partial charge in [-0.15, -0.1) is 0 Å². The van der Waals surface area contributed by atoms with Crippen molar-refractivity contribution in [2.24, 2.45) is 0 Å². The number of aromatic nitrogens is 4. The highest BCUT2D eigenvalue weighted by Crippen LogP contribution is 2.46. The second-order valence-corrected chi connectivity index (χ2v) is 10.9. The molecule has 1 aliphatic heterocycles. The highest BCUT2D eigenvalue weighted by molar-refractivity contribution is 7.85. The molecule has 5 rings (SSSR count). The van der Waals surface area contributed by atoms with E-state index in [0.29, 0.717) is 39.9 Å². The first-order valence-electron chi connectivity index (χ1n) is 11.8. The van der Waals surface area contributed by atoms with Gasteiger partial charge in [0, 0.05) is 18.2 Å². The summed E-state index contributed by atoms with van der Waals surface area (Å²) < 4.78 is 116. The molecule has 0 saturated heterocycles. The van der Waals surface area contributed by atoms with Crippen molar-refractivity contribution in [3.63, 3.8) is 0 Å². The van der Waals surface area contributed by atoms with E-state index in [4.69, 9.17) is 5.73 Å². The van der Waals surface area contributed by atoms with Crippen LogP contribution in [0.15, 0.2) is 66.2 Å². The molecule has 4 aromatic rings. The van der Waals surface area contributed by atoms with Crippen LogP contribution in [0, 0.1) is 0 Å². The molecule has 220 valence electrons. The summed E-state index contributed by atoms with van der Waals surface area (Å²) in [6, 6.07) is 6.86. The van der Waals surface area contributed by atoms with E-state index in [1.54, 1.807) is 24.3 Å². The molecular formula is C25H18F6N6O4S. The first-order valence-corrected chi connectivity index (χ1v) is 13.2. The van der Waals surface area contributed by atoms with Gasteiger partial charge in [-0.3, -0.25) is 13.9 Å². The predicted octanol–water partition coefficient (Wildman–Crippen LogP) is 4.84. The molecular weight excluding hydrogens is 594 g/mol. The lowest BCUT2D eigenvalue weighted by Gasteiger charge is -2.26. The number of amides is 1. The number of imidazole rings is 1. The summed E-state index contributed by atoms with van der Waals surface area (Å²) in [5, 5.41) is -0.885. The van der Waals surface area contributed by atoms with Crippen molar-refractivity contribution < 1.29 is 44.1 Å². The van der Waals surface area contributed by atoms with E-state index in [1.807, 2.05) is 0 Å². The summed E-state index contributed by atoms with van der Waals surface area (Å²) in [6.45, 7) is 1.23. The molecule has 0 fully saturated rings. The zero-order chi connectivity index (χ0) is 30.8. The van der Waals surface area contributed by atoms with Crippen molar-refractivity contribution in [3.05, 3.63) is 77.9 Å². The van der Waals surface area contributed by atoms with Gasteiger partial charge < -0.3 is 5.73 Å². The molecule has 3 heterocycles. The fourth-order valence-electron chi connectivity index (χ4n) is 4.77. The number of halogens is 6. The molecule has 0 spiro atoms. The third kappa shape index (κ3) is 4.94. The van der Waals surface area contributed by atoms with Crippen LogP contribution in [0.25, 0.3) is 11.1 Å². The fourth-order valence-corrected chi connectivity index (χ4v) is 5.47. The van der Waals surface area contributed by atoms with Crippen molar-refractivity contribution in [2.75, 3.05) is 10.6 Å². The fraction of sp³-hybridized carbons (Fsp3) is 0.200. The number of alkyl halides is 6. The number of hydrogen-bond donors (Lipinski definition) is 2. The SMILES string of the molecule is CC1(Cc2ccc(-c3cncnc3N)cc2)C(=O)N(c2cc(C(F)(F)F)cc(C(F)(F)F)c2)c2ncc(S(=O)(=O)O)n21. The quantitative estimate of drug-likeness (QED) is 0.241. The Morgan fingerprint density at radius 2 is 1.55 bits per heavy atom. The van der Waals surface area contributed by atoms with Crippen LogP contribution in [-0.2, 0) is 39.2 Å². The van der Waals surface area contributed by atoms with Crippen molar-refractivity contribution in [1.29, 1.82) is 0 Å². The summed E-state index contributed by atoms with van der Waals surface area (Å²) in [5.41, 5.74) is 1.16. The molecule has 1 atom stereocenters. The normalized spacial score (nSPS) is 17.5. The van der Waals surface area contributed by atoms with Gasteiger partial charge in [0.2, 0.25) is 5.95 Å². The Labute approximate surface area is 233 Å². The van der Waals surface area contributed by atoms with Gasteiger partial charge in [0.1, 0.15) is 17.7 Å². The standard InChI is InChI=1S/C25H18F6N6O4S/c1-23(9-13-2-4-14(5-3-13)18-10-33-12-35-20(18)32)21(38)36(22-34-11-19(37(22)23)42(39,40)41)17-7-15(24(26,27)28)6-16(8-17)25(29,30)31/h2-8,10-12H,9H2,1H3,(H2,32,33,35)(H,39,40,41). The molecule has 10 nitrogen and oxygen atoms in total. The molecule has 0 bridgehead atoms. The lowest BCUT2D eigenvalue weighted by Crippen LogP contribution is -2.42. The van der Waals surface area contributed by atoms with Gasteiger partial charge in [-0.1, -0.05) is 24.3 Å². The topological polar surface area (TPSA) is 144 Å². The first-order chi connectivity index (χ1) is 19.4. The smallest absolute Gasteiger partial charge is 0.383 e. The monoisotopic (exact) mass is 612 g/mol. The zero-order valence-corrected chi connectivity index (χ0v) is 22.0. The summed E-state index contributed by atoms with van der Waals surface area (Å²) in [4.78, 5) is 25.9.